The Bertz CT molecular complexity index is 274. The summed E-state index contributed by atoms with van der Waals surface area (Å²) in [6.45, 7) is 5.21. The van der Waals surface area contributed by atoms with E-state index in [1.807, 2.05) is 0 Å². The number of nitrogens with two attached hydrogens (primary N) is 1. The van der Waals surface area contributed by atoms with E-state index in [-0.39, 0.29) is 0 Å². The van der Waals surface area contributed by atoms with Crippen molar-refractivity contribution in [2.45, 2.75) is 39.3 Å². The molecular formula is C9H18N4S. The van der Waals surface area contributed by atoms with Crippen LogP contribution in [0.25, 0.3) is 0 Å². The molecule has 0 aliphatic rings. The first-order chi connectivity index (χ1) is 6.65. The minimum absolute atomic E-state index is 0.570. The zero-order valence-electron chi connectivity index (χ0n) is 9.03. The number of nitrogens with zero attached hydrogens (tertiary/aromatic N) is 3. The summed E-state index contributed by atoms with van der Waals surface area (Å²) < 4.78 is 3.82. The average molecular weight is 214 g/mol. The third-order valence-electron chi connectivity index (χ3n) is 2.44. The maximum absolute atomic E-state index is 5.73. The standard InChI is InChI=1S/C9H18N4S/c1-4-5-7(2)13(3)6-8-9(10)14-12-11-8/h7H,4-6,10H2,1-3H3. The van der Waals surface area contributed by atoms with E-state index in [1.165, 1.54) is 24.4 Å². The van der Waals surface area contributed by atoms with Gasteiger partial charge in [-0.2, -0.15) is 0 Å². The fourth-order valence-electron chi connectivity index (χ4n) is 1.36. The van der Waals surface area contributed by atoms with E-state index in [2.05, 4.69) is 35.4 Å². The molecule has 1 unspecified atom stereocenters. The molecule has 0 aliphatic carbocycles. The molecule has 0 amide bonds. The van der Waals surface area contributed by atoms with Crippen molar-refractivity contribution in [1.29, 1.82) is 0 Å². The van der Waals surface area contributed by atoms with Crippen LogP contribution in [0.3, 0.4) is 0 Å². The van der Waals surface area contributed by atoms with Gasteiger partial charge in [-0.05, 0) is 20.4 Å². The molecule has 1 aromatic rings. The highest BCUT2D eigenvalue weighted by Crippen LogP contribution is 2.16. The number of anilines is 1. The molecule has 2 N–H and O–H groups in total. The molecule has 5 heteroatoms. The van der Waals surface area contributed by atoms with Crippen LogP contribution in [0, 0.1) is 0 Å². The Morgan fingerprint density at radius 2 is 2.29 bits per heavy atom. The smallest absolute Gasteiger partial charge is 0.132 e. The fraction of sp³-hybridized carbons (Fsp3) is 0.778. The summed E-state index contributed by atoms with van der Waals surface area (Å²) >= 11 is 1.26. The first-order valence-corrected chi connectivity index (χ1v) is 5.69. The van der Waals surface area contributed by atoms with Gasteiger partial charge in [-0.1, -0.05) is 17.8 Å². The normalized spacial score (nSPS) is 13.4. The van der Waals surface area contributed by atoms with Gasteiger partial charge in [-0.3, -0.25) is 4.90 Å². The summed E-state index contributed by atoms with van der Waals surface area (Å²) in [7, 11) is 2.10. The largest absolute Gasteiger partial charge is 0.388 e. The van der Waals surface area contributed by atoms with Crippen LogP contribution in [0.5, 0.6) is 0 Å². The lowest BCUT2D eigenvalue weighted by Gasteiger charge is -2.23. The zero-order chi connectivity index (χ0) is 10.6. The third-order valence-corrected chi connectivity index (χ3v) is 3.04. The molecule has 0 aliphatic heterocycles. The lowest BCUT2D eigenvalue weighted by Crippen LogP contribution is -2.28. The fourth-order valence-corrected chi connectivity index (χ4v) is 1.79. The van der Waals surface area contributed by atoms with Crippen LogP contribution in [0.4, 0.5) is 5.00 Å². The quantitative estimate of drug-likeness (QED) is 0.811. The third kappa shape index (κ3) is 2.92. The Balaban J connectivity index is 2.48. The molecule has 1 aromatic heterocycles. The van der Waals surface area contributed by atoms with Crippen molar-refractivity contribution in [3.63, 3.8) is 0 Å². The summed E-state index contributed by atoms with van der Waals surface area (Å²) in [5.74, 6) is 0. The topological polar surface area (TPSA) is 55.0 Å². The van der Waals surface area contributed by atoms with Crippen LogP contribution >= 0.6 is 11.5 Å². The zero-order valence-corrected chi connectivity index (χ0v) is 9.84. The Hall–Kier alpha value is -0.680. The summed E-state index contributed by atoms with van der Waals surface area (Å²) in [5, 5.41) is 4.74. The second-order valence-electron chi connectivity index (χ2n) is 3.64. The molecule has 0 bridgehead atoms. The van der Waals surface area contributed by atoms with Gasteiger partial charge in [-0.25, -0.2) is 0 Å². The molecule has 1 rings (SSSR count). The summed E-state index contributed by atoms with van der Waals surface area (Å²) in [6.07, 6.45) is 2.41. The monoisotopic (exact) mass is 214 g/mol. The van der Waals surface area contributed by atoms with Gasteiger partial charge in [0.05, 0.1) is 0 Å². The van der Waals surface area contributed by atoms with Crippen molar-refractivity contribution in [3.8, 4) is 0 Å². The molecule has 0 saturated carbocycles. The van der Waals surface area contributed by atoms with Crippen LogP contribution in [0.2, 0.25) is 0 Å². The van der Waals surface area contributed by atoms with Crippen molar-refractivity contribution >= 4 is 16.5 Å². The van der Waals surface area contributed by atoms with Crippen LogP contribution in [-0.4, -0.2) is 27.6 Å². The Labute approximate surface area is 89.3 Å². The van der Waals surface area contributed by atoms with E-state index in [0.717, 1.165) is 17.2 Å². The van der Waals surface area contributed by atoms with Gasteiger partial charge in [0, 0.05) is 24.1 Å². The average Bonchev–Trinajstić information content (AvgIpc) is 2.52. The van der Waals surface area contributed by atoms with Gasteiger partial charge in [0.25, 0.3) is 0 Å². The van der Waals surface area contributed by atoms with Gasteiger partial charge in [0.1, 0.15) is 10.7 Å². The van der Waals surface area contributed by atoms with E-state index in [4.69, 9.17) is 5.73 Å². The second kappa shape index (κ2) is 5.26. The predicted molar refractivity (Wildman–Crippen MR) is 60.2 cm³/mol. The molecule has 1 atom stereocenters. The lowest BCUT2D eigenvalue weighted by molar-refractivity contribution is 0.234. The molecule has 0 radical (unpaired) electrons. The molecular weight excluding hydrogens is 196 g/mol. The minimum atomic E-state index is 0.570. The van der Waals surface area contributed by atoms with Crippen molar-refractivity contribution in [3.05, 3.63) is 5.69 Å². The SMILES string of the molecule is CCCC(C)N(C)Cc1nnsc1N. The Morgan fingerprint density at radius 3 is 2.79 bits per heavy atom. The van der Waals surface area contributed by atoms with Crippen molar-refractivity contribution < 1.29 is 0 Å². The molecule has 0 spiro atoms. The van der Waals surface area contributed by atoms with Crippen LogP contribution in [-0.2, 0) is 6.54 Å². The molecule has 0 aromatic carbocycles. The maximum Gasteiger partial charge on any atom is 0.132 e. The first-order valence-electron chi connectivity index (χ1n) is 4.92. The van der Waals surface area contributed by atoms with Gasteiger partial charge in [-0.15, -0.1) is 5.10 Å². The molecule has 80 valence electrons. The maximum atomic E-state index is 5.73. The number of rotatable bonds is 5. The van der Waals surface area contributed by atoms with Crippen molar-refractivity contribution in [2.24, 2.45) is 0 Å². The van der Waals surface area contributed by atoms with E-state index in [9.17, 15) is 0 Å². The van der Waals surface area contributed by atoms with Gasteiger partial charge in [0.2, 0.25) is 0 Å². The predicted octanol–water partition coefficient (Wildman–Crippen LogP) is 1.74. The van der Waals surface area contributed by atoms with Crippen LogP contribution in [0.1, 0.15) is 32.4 Å². The highest BCUT2D eigenvalue weighted by atomic mass is 32.1. The number of hydrogen-bond acceptors (Lipinski definition) is 5. The second-order valence-corrected chi connectivity index (χ2v) is 4.42. The Morgan fingerprint density at radius 1 is 1.57 bits per heavy atom. The molecule has 14 heavy (non-hydrogen) atoms. The Kier molecular flexibility index (Phi) is 4.28. The van der Waals surface area contributed by atoms with Crippen molar-refractivity contribution in [2.75, 3.05) is 12.8 Å². The summed E-state index contributed by atoms with van der Waals surface area (Å²) in [4.78, 5) is 2.26. The molecule has 0 saturated heterocycles. The summed E-state index contributed by atoms with van der Waals surface area (Å²) in [6, 6.07) is 0.570. The molecule has 0 fully saturated rings. The van der Waals surface area contributed by atoms with Crippen LogP contribution in [0.15, 0.2) is 0 Å². The van der Waals surface area contributed by atoms with E-state index in [1.54, 1.807) is 0 Å². The van der Waals surface area contributed by atoms with Crippen molar-refractivity contribution in [1.82, 2.24) is 14.5 Å². The lowest BCUT2D eigenvalue weighted by atomic mass is 10.2. The molecule has 4 nitrogen and oxygen atoms in total. The van der Waals surface area contributed by atoms with Gasteiger partial charge < -0.3 is 5.73 Å². The summed E-state index contributed by atoms with van der Waals surface area (Å²) in [5.41, 5.74) is 6.63. The highest BCUT2D eigenvalue weighted by molar-refractivity contribution is 7.09. The van der Waals surface area contributed by atoms with Crippen LogP contribution < -0.4 is 5.73 Å². The van der Waals surface area contributed by atoms with E-state index in [0.29, 0.717) is 6.04 Å². The van der Waals surface area contributed by atoms with Gasteiger partial charge >= 0.3 is 0 Å². The van der Waals surface area contributed by atoms with E-state index < -0.39 is 0 Å². The van der Waals surface area contributed by atoms with Gasteiger partial charge in [0.15, 0.2) is 0 Å². The minimum Gasteiger partial charge on any atom is -0.388 e. The first kappa shape index (κ1) is 11.4. The van der Waals surface area contributed by atoms with E-state index >= 15 is 0 Å². The molecule has 1 heterocycles. The number of nitrogen functional groups attached to an aromatic ring is 1. The number of aromatic nitrogens is 2. The number of hydrogen-bond donors (Lipinski definition) is 1. The highest BCUT2D eigenvalue weighted by Gasteiger charge is 2.12.